The van der Waals surface area contributed by atoms with E-state index < -0.39 is 23.3 Å². The average molecular weight is 494 g/mol. The lowest BCUT2D eigenvalue weighted by Gasteiger charge is -2.45. The Kier molecular flexibility index (Phi) is 6.30. The van der Waals surface area contributed by atoms with Crippen molar-refractivity contribution in [3.8, 4) is 0 Å². The Morgan fingerprint density at radius 2 is 1.61 bits per heavy atom. The van der Waals surface area contributed by atoms with Gasteiger partial charge in [-0.15, -0.1) is 0 Å². The second kappa shape index (κ2) is 9.56. The van der Waals surface area contributed by atoms with Crippen LogP contribution in [0, 0.1) is 0 Å². The first-order valence-corrected chi connectivity index (χ1v) is 11.8. The molecule has 2 amide bonds. The summed E-state index contributed by atoms with van der Waals surface area (Å²) in [7, 11) is 0. The number of piperidine rings is 1. The number of halogens is 3. The van der Waals surface area contributed by atoms with Crippen LogP contribution in [0.25, 0.3) is 0 Å². The molecule has 3 aromatic carbocycles. The number of urea groups is 1. The number of carbonyl (C=O) groups is 1. The van der Waals surface area contributed by atoms with Crippen molar-refractivity contribution in [2.45, 2.75) is 31.1 Å². The summed E-state index contributed by atoms with van der Waals surface area (Å²) in [5.74, 6) is 0.799. The lowest BCUT2D eigenvalue weighted by Crippen LogP contribution is -2.60. The van der Waals surface area contributed by atoms with Crippen molar-refractivity contribution in [1.29, 1.82) is 0 Å². The minimum atomic E-state index is -4.55. The minimum Gasteiger partial charge on any atom is -0.371 e. The largest absolute Gasteiger partial charge is 0.418 e. The zero-order chi connectivity index (χ0) is 25.2. The summed E-state index contributed by atoms with van der Waals surface area (Å²) in [6, 6.07) is 22.3. The number of fused-ring (bicyclic) bond motifs is 1. The molecule has 3 aromatic rings. The van der Waals surface area contributed by atoms with Crippen LogP contribution in [0.3, 0.4) is 0 Å². The number of anilines is 2. The standard InChI is InChI=1S/C27H26F3N5O/c28-27(29,30)20-10-4-5-11-21(20)33-25(36)35-16-14-26(15-17-35)24(31-18-19-8-2-1-3-9-19)32-22-12-6-7-13-23(22)34-26/h1-13,34H,14-18H2,(H,31,32)(H,33,36). The normalized spacial score (nSPS) is 16.5. The van der Waals surface area contributed by atoms with E-state index in [1.165, 1.54) is 18.2 Å². The third-order valence-electron chi connectivity index (χ3n) is 6.64. The molecule has 2 aliphatic rings. The zero-order valence-electron chi connectivity index (χ0n) is 19.5. The van der Waals surface area contributed by atoms with Gasteiger partial charge in [-0.1, -0.05) is 54.6 Å². The van der Waals surface area contributed by atoms with Crippen LogP contribution in [-0.4, -0.2) is 35.4 Å². The molecule has 0 atom stereocenters. The van der Waals surface area contributed by atoms with Crippen molar-refractivity contribution in [1.82, 2.24) is 10.2 Å². The smallest absolute Gasteiger partial charge is 0.371 e. The van der Waals surface area contributed by atoms with Gasteiger partial charge in [0.1, 0.15) is 5.84 Å². The number of aliphatic imine (C=N–C) groups is 1. The first kappa shape index (κ1) is 23.7. The second-order valence-electron chi connectivity index (χ2n) is 8.98. The van der Waals surface area contributed by atoms with Gasteiger partial charge >= 0.3 is 12.2 Å². The highest BCUT2D eigenvalue weighted by atomic mass is 19.4. The number of nitrogens with one attached hydrogen (secondary N) is 3. The van der Waals surface area contributed by atoms with Crippen LogP contribution in [-0.2, 0) is 12.7 Å². The SMILES string of the molecule is O=C(Nc1ccccc1C(F)(F)F)N1CCC2(CC1)Nc1ccccc1N=C2NCc1ccccc1. The number of amides is 2. The lowest BCUT2D eigenvalue weighted by atomic mass is 9.84. The van der Waals surface area contributed by atoms with Crippen LogP contribution >= 0.6 is 0 Å². The Balaban J connectivity index is 1.32. The Bertz CT molecular complexity index is 1270. The summed E-state index contributed by atoms with van der Waals surface area (Å²) in [6.07, 6.45) is -3.45. The Labute approximate surface area is 207 Å². The van der Waals surface area contributed by atoms with Gasteiger partial charge in [0.2, 0.25) is 0 Å². The van der Waals surface area contributed by atoms with E-state index in [9.17, 15) is 18.0 Å². The topological polar surface area (TPSA) is 68.8 Å². The molecule has 36 heavy (non-hydrogen) atoms. The van der Waals surface area contributed by atoms with E-state index in [4.69, 9.17) is 4.99 Å². The summed E-state index contributed by atoms with van der Waals surface area (Å²) in [5, 5.41) is 9.58. The summed E-state index contributed by atoms with van der Waals surface area (Å²) in [5.41, 5.74) is 1.25. The zero-order valence-corrected chi connectivity index (χ0v) is 19.5. The Morgan fingerprint density at radius 3 is 2.36 bits per heavy atom. The maximum absolute atomic E-state index is 13.3. The van der Waals surface area contributed by atoms with E-state index in [0.29, 0.717) is 32.5 Å². The molecule has 0 saturated carbocycles. The van der Waals surface area contributed by atoms with Crippen LogP contribution in [0.4, 0.5) is 35.0 Å². The van der Waals surface area contributed by atoms with E-state index in [2.05, 4.69) is 16.0 Å². The first-order valence-electron chi connectivity index (χ1n) is 11.8. The summed E-state index contributed by atoms with van der Waals surface area (Å²) in [4.78, 5) is 19.4. The molecule has 2 aliphatic heterocycles. The molecule has 0 aliphatic carbocycles. The van der Waals surface area contributed by atoms with Crippen LogP contribution in [0.2, 0.25) is 0 Å². The van der Waals surface area contributed by atoms with E-state index in [0.717, 1.165) is 28.8 Å². The quantitative estimate of drug-likeness (QED) is 0.418. The van der Waals surface area contributed by atoms with Crippen LogP contribution in [0.15, 0.2) is 83.9 Å². The Hall–Kier alpha value is -4.01. The van der Waals surface area contributed by atoms with Gasteiger partial charge in [0.05, 0.1) is 28.2 Å². The van der Waals surface area contributed by atoms with Crippen molar-refractivity contribution in [3.63, 3.8) is 0 Å². The van der Waals surface area contributed by atoms with Crippen molar-refractivity contribution in [2.75, 3.05) is 23.7 Å². The summed E-state index contributed by atoms with van der Waals surface area (Å²) in [6.45, 7) is 1.33. The van der Waals surface area contributed by atoms with E-state index >= 15 is 0 Å². The molecule has 0 radical (unpaired) electrons. The third kappa shape index (κ3) is 4.86. The molecule has 0 bridgehead atoms. The van der Waals surface area contributed by atoms with Gasteiger partial charge in [0.15, 0.2) is 0 Å². The fourth-order valence-corrected chi connectivity index (χ4v) is 4.70. The number of carbonyl (C=O) groups excluding carboxylic acids is 1. The molecule has 1 saturated heterocycles. The number of nitrogens with zero attached hydrogens (tertiary/aromatic N) is 2. The fraction of sp³-hybridized carbons (Fsp3) is 0.259. The summed E-state index contributed by atoms with van der Waals surface area (Å²) < 4.78 is 40.0. The molecule has 0 unspecified atom stereocenters. The third-order valence-corrected chi connectivity index (χ3v) is 6.64. The van der Waals surface area contributed by atoms with Crippen LogP contribution in [0.1, 0.15) is 24.0 Å². The highest BCUT2D eigenvalue weighted by molar-refractivity contribution is 6.00. The highest BCUT2D eigenvalue weighted by Gasteiger charge is 2.43. The molecule has 1 fully saturated rings. The van der Waals surface area contributed by atoms with Crippen LogP contribution < -0.4 is 16.0 Å². The van der Waals surface area contributed by atoms with Crippen molar-refractivity contribution in [3.05, 3.63) is 90.0 Å². The van der Waals surface area contributed by atoms with Crippen molar-refractivity contribution in [2.24, 2.45) is 4.99 Å². The van der Waals surface area contributed by atoms with Crippen molar-refractivity contribution < 1.29 is 18.0 Å². The van der Waals surface area contributed by atoms with Gasteiger partial charge in [-0.05, 0) is 42.7 Å². The number of rotatable bonds is 3. The number of hydrogen-bond donors (Lipinski definition) is 3. The fourth-order valence-electron chi connectivity index (χ4n) is 4.70. The number of para-hydroxylation sites is 3. The first-order chi connectivity index (χ1) is 17.3. The molecule has 9 heteroatoms. The predicted octanol–water partition coefficient (Wildman–Crippen LogP) is 6.02. The van der Waals surface area contributed by atoms with Crippen LogP contribution in [0.5, 0.6) is 0 Å². The van der Waals surface area contributed by atoms with Gasteiger partial charge in [-0.2, -0.15) is 13.2 Å². The Morgan fingerprint density at radius 1 is 0.944 bits per heavy atom. The number of benzene rings is 3. The maximum Gasteiger partial charge on any atom is 0.418 e. The van der Waals surface area contributed by atoms with E-state index in [1.54, 1.807) is 4.90 Å². The molecule has 186 valence electrons. The molecule has 5 rings (SSSR count). The average Bonchev–Trinajstić information content (AvgIpc) is 2.88. The molecular weight excluding hydrogens is 467 g/mol. The summed E-state index contributed by atoms with van der Waals surface area (Å²) >= 11 is 0. The second-order valence-corrected chi connectivity index (χ2v) is 8.98. The molecule has 3 N–H and O–H groups in total. The van der Waals surface area contributed by atoms with E-state index in [1.807, 2.05) is 54.6 Å². The van der Waals surface area contributed by atoms with Gasteiger partial charge in [-0.25, -0.2) is 9.79 Å². The minimum absolute atomic E-state index is 0.244. The van der Waals surface area contributed by atoms with Gasteiger partial charge in [0, 0.05) is 19.6 Å². The lowest BCUT2D eigenvalue weighted by molar-refractivity contribution is -0.136. The van der Waals surface area contributed by atoms with Crippen molar-refractivity contribution >= 4 is 28.9 Å². The highest BCUT2D eigenvalue weighted by Crippen LogP contribution is 2.38. The molecule has 1 spiro atoms. The molecular formula is C27H26F3N5O. The van der Waals surface area contributed by atoms with E-state index in [-0.39, 0.29) is 5.69 Å². The number of amidine groups is 1. The van der Waals surface area contributed by atoms with Gasteiger partial charge < -0.3 is 20.9 Å². The number of alkyl halides is 3. The maximum atomic E-state index is 13.3. The number of hydrogen-bond acceptors (Lipinski definition) is 4. The van der Waals surface area contributed by atoms with Gasteiger partial charge in [0.25, 0.3) is 0 Å². The molecule has 0 aromatic heterocycles. The molecule has 2 heterocycles. The monoisotopic (exact) mass is 493 g/mol. The molecule has 6 nitrogen and oxygen atoms in total. The number of likely N-dealkylation sites (tertiary alicyclic amines) is 1. The predicted molar refractivity (Wildman–Crippen MR) is 134 cm³/mol. The van der Waals surface area contributed by atoms with Gasteiger partial charge in [-0.3, -0.25) is 0 Å².